The summed E-state index contributed by atoms with van der Waals surface area (Å²) in [5.74, 6) is -1.31. The molecule has 1 spiro atoms. The molecule has 5 atom stereocenters. The van der Waals surface area contributed by atoms with Crippen molar-refractivity contribution in [2.45, 2.75) is 74.0 Å². The number of aliphatic hydroxyl groups excluding tert-OH is 1. The van der Waals surface area contributed by atoms with Crippen LogP contribution in [-0.4, -0.2) is 91.9 Å². The molecule has 3 fully saturated rings. The maximum atomic E-state index is 14.2. The van der Waals surface area contributed by atoms with Crippen LogP contribution in [0.4, 0.5) is 0 Å². The number of carbonyl (C=O) groups is 3. The van der Waals surface area contributed by atoms with Crippen molar-refractivity contribution < 1.29 is 19.5 Å². The van der Waals surface area contributed by atoms with E-state index in [2.05, 4.69) is 38.2 Å². The van der Waals surface area contributed by atoms with E-state index in [9.17, 15) is 19.5 Å². The summed E-state index contributed by atoms with van der Waals surface area (Å²) >= 11 is 1.62. The third kappa shape index (κ3) is 3.47. The minimum absolute atomic E-state index is 0.0101. The monoisotopic (exact) mass is 487 g/mol. The van der Waals surface area contributed by atoms with E-state index in [-0.39, 0.29) is 36.9 Å². The number of rotatable bonds is 5. The normalized spacial score (nSPS) is 38.1. The first-order valence-corrected chi connectivity index (χ1v) is 13.8. The number of nitrogens with zero attached hydrogens (tertiary/aromatic N) is 3. The molecule has 1 saturated carbocycles. The number of amides is 3. The van der Waals surface area contributed by atoms with Gasteiger partial charge in [0.25, 0.3) is 0 Å². The van der Waals surface area contributed by atoms with Crippen molar-refractivity contribution in [2.24, 2.45) is 11.8 Å². The van der Waals surface area contributed by atoms with Crippen molar-refractivity contribution in [2.75, 3.05) is 32.8 Å². The molecule has 4 aliphatic heterocycles. The molecule has 1 N–H and O–H groups in total. The van der Waals surface area contributed by atoms with E-state index < -0.39 is 27.4 Å². The summed E-state index contributed by atoms with van der Waals surface area (Å²) < 4.78 is -1.37. The van der Waals surface area contributed by atoms with E-state index in [0.29, 0.717) is 19.6 Å². The highest BCUT2D eigenvalue weighted by atomic mass is 32.2. The van der Waals surface area contributed by atoms with Crippen LogP contribution in [0.1, 0.15) is 52.4 Å². The maximum absolute atomic E-state index is 14.2. The maximum Gasteiger partial charge on any atom is 0.247 e. The van der Waals surface area contributed by atoms with Crippen LogP contribution in [-0.2, 0) is 14.4 Å². The summed E-state index contributed by atoms with van der Waals surface area (Å²) in [6.07, 6.45) is 14.6. The summed E-state index contributed by atoms with van der Waals surface area (Å²) in [6, 6.07) is -0.493. The Morgan fingerprint density at radius 3 is 2.41 bits per heavy atom. The Balaban J connectivity index is 1.59. The predicted molar refractivity (Wildman–Crippen MR) is 132 cm³/mol. The van der Waals surface area contributed by atoms with Gasteiger partial charge in [-0.2, -0.15) is 0 Å². The van der Waals surface area contributed by atoms with Crippen molar-refractivity contribution in [1.29, 1.82) is 0 Å². The van der Waals surface area contributed by atoms with Gasteiger partial charge in [0.15, 0.2) is 0 Å². The molecule has 7 nitrogen and oxygen atoms in total. The number of likely N-dealkylation sites (tertiary alicyclic amines) is 1. The molecule has 0 radical (unpaired) electrons. The summed E-state index contributed by atoms with van der Waals surface area (Å²) in [6.45, 7) is 5.79. The van der Waals surface area contributed by atoms with Crippen LogP contribution in [0.2, 0.25) is 0 Å². The van der Waals surface area contributed by atoms with Gasteiger partial charge in [0.05, 0.1) is 23.2 Å². The number of hydrogen-bond acceptors (Lipinski definition) is 5. The Morgan fingerprint density at radius 2 is 1.71 bits per heavy atom. The van der Waals surface area contributed by atoms with Crippen LogP contribution >= 0.6 is 11.8 Å². The van der Waals surface area contributed by atoms with Crippen LogP contribution in [0, 0.1) is 11.8 Å². The molecule has 2 saturated heterocycles. The number of β-amino-alcohol motifs (C(OH)–C–C–N with tert-alkyl or cyclic N) is 1. The lowest BCUT2D eigenvalue weighted by atomic mass is 9.74. The lowest BCUT2D eigenvalue weighted by Gasteiger charge is -2.39. The minimum atomic E-state index is -0.804. The van der Waals surface area contributed by atoms with Gasteiger partial charge in [-0.25, -0.2) is 0 Å². The van der Waals surface area contributed by atoms with Gasteiger partial charge in [-0.15, -0.1) is 11.8 Å². The third-order valence-corrected chi connectivity index (χ3v) is 10.3. The van der Waals surface area contributed by atoms with Gasteiger partial charge in [-0.05, 0) is 26.2 Å². The van der Waals surface area contributed by atoms with Crippen LogP contribution in [0.3, 0.4) is 0 Å². The zero-order valence-corrected chi connectivity index (χ0v) is 21.1. The minimum Gasteiger partial charge on any atom is -0.395 e. The number of aliphatic hydroxyl groups is 1. The Morgan fingerprint density at radius 1 is 0.971 bits per heavy atom. The van der Waals surface area contributed by atoms with Gasteiger partial charge in [0.1, 0.15) is 6.04 Å². The second-order valence-electron chi connectivity index (χ2n) is 10.6. The van der Waals surface area contributed by atoms with Crippen molar-refractivity contribution in [3.05, 3.63) is 24.3 Å². The number of hydrogen-bond donors (Lipinski definition) is 1. The number of thioether (sulfide) groups is 1. The Labute approximate surface area is 206 Å². The largest absolute Gasteiger partial charge is 0.395 e. The van der Waals surface area contributed by atoms with E-state index >= 15 is 0 Å². The molecule has 34 heavy (non-hydrogen) atoms. The quantitative estimate of drug-likeness (QED) is 0.602. The standard InChI is InChI=1S/C26H37N3O4S/c1-3-13-27-14-7-11-25(2)19(22(27)31)20-23(32)29(16-17-30)21-24(33)28(18-9-5-4-6-10-18)15-8-12-26(20,21)34-25/h7-8,11-12,18-21,30H,3-6,9-10,13-17H2,1-2H3/t19-,20-,21?,25+,26-/m0/s1. The van der Waals surface area contributed by atoms with E-state index in [0.717, 1.165) is 32.1 Å². The van der Waals surface area contributed by atoms with Crippen LogP contribution in [0.5, 0.6) is 0 Å². The van der Waals surface area contributed by atoms with Gasteiger partial charge in [0, 0.05) is 37.0 Å². The van der Waals surface area contributed by atoms with Crippen molar-refractivity contribution in [3.63, 3.8) is 0 Å². The van der Waals surface area contributed by atoms with Gasteiger partial charge in [-0.1, -0.05) is 50.5 Å². The number of carbonyl (C=O) groups excluding carboxylic acids is 3. The van der Waals surface area contributed by atoms with E-state index in [1.54, 1.807) is 16.7 Å². The predicted octanol–water partition coefficient (Wildman–Crippen LogP) is 2.21. The SMILES string of the molecule is CCCN1CC=C[C@@]2(C)S[C@]34C=CCN(C5CCCCC5)C(=O)C3N(CCO)C(=O)[C@@H]4[C@H]2C1=O. The Bertz CT molecular complexity index is 916. The highest BCUT2D eigenvalue weighted by molar-refractivity contribution is 8.02. The second-order valence-corrected chi connectivity index (χ2v) is 12.4. The molecule has 4 heterocycles. The lowest BCUT2D eigenvalue weighted by Crippen LogP contribution is -2.56. The third-order valence-electron chi connectivity index (χ3n) is 8.52. The van der Waals surface area contributed by atoms with Gasteiger partial charge >= 0.3 is 0 Å². The highest BCUT2D eigenvalue weighted by Crippen LogP contribution is 2.65. The highest BCUT2D eigenvalue weighted by Gasteiger charge is 2.73. The Hall–Kier alpha value is -1.80. The first-order valence-electron chi connectivity index (χ1n) is 12.9. The molecule has 0 aromatic heterocycles. The average molecular weight is 488 g/mol. The number of fused-ring (bicyclic) bond motifs is 2. The smallest absolute Gasteiger partial charge is 0.247 e. The molecular weight excluding hydrogens is 450 g/mol. The second kappa shape index (κ2) is 9.01. The molecule has 0 aromatic carbocycles. The topological polar surface area (TPSA) is 81.2 Å². The van der Waals surface area contributed by atoms with Crippen molar-refractivity contribution in [1.82, 2.24) is 14.7 Å². The van der Waals surface area contributed by atoms with Crippen molar-refractivity contribution in [3.8, 4) is 0 Å². The molecule has 3 amide bonds. The fourth-order valence-corrected chi connectivity index (χ4v) is 9.29. The first kappa shape index (κ1) is 23.9. The van der Waals surface area contributed by atoms with E-state index in [1.807, 2.05) is 9.80 Å². The fraction of sp³-hybridized carbons (Fsp3) is 0.731. The van der Waals surface area contributed by atoms with Gasteiger partial charge in [-0.3, -0.25) is 14.4 Å². The summed E-state index contributed by atoms with van der Waals surface area (Å²) in [5.41, 5.74) is 0. The first-order chi connectivity index (χ1) is 16.4. The summed E-state index contributed by atoms with van der Waals surface area (Å²) in [4.78, 5) is 47.5. The lowest BCUT2D eigenvalue weighted by molar-refractivity contribution is -0.146. The zero-order valence-electron chi connectivity index (χ0n) is 20.3. The van der Waals surface area contributed by atoms with E-state index in [4.69, 9.17) is 0 Å². The van der Waals surface area contributed by atoms with Gasteiger partial charge < -0.3 is 19.8 Å². The van der Waals surface area contributed by atoms with Crippen LogP contribution in [0.25, 0.3) is 0 Å². The molecule has 5 aliphatic rings. The molecule has 1 unspecified atom stereocenters. The molecule has 1 aliphatic carbocycles. The fourth-order valence-electron chi connectivity index (χ4n) is 7.13. The van der Waals surface area contributed by atoms with Crippen LogP contribution < -0.4 is 0 Å². The van der Waals surface area contributed by atoms with E-state index in [1.165, 1.54) is 6.42 Å². The molecular formula is C26H37N3O4S. The molecule has 0 aromatic rings. The average Bonchev–Trinajstić information content (AvgIpc) is 3.08. The molecule has 5 rings (SSSR count). The van der Waals surface area contributed by atoms with Gasteiger partial charge in [0.2, 0.25) is 17.7 Å². The molecule has 8 heteroatoms. The molecule has 186 valence electrons. The molecule has 0 bridgehead atoms. The summed E-state index contributed by atoms with van der Waals surface area (Å²) in [7, 11) is 0. The zero-order chi connectivity index (χ0) is 24.1. The van der Waals surface area contributed by atoms with Crippen molar-refractivity contribution >= 4 is 29.5 Å². The van der Waals surface area contributed by atoms with Crippen LogP contribution in [0.15, 0.2) is 24.3 Å². The summed E-state index contributed by atoms with van der Waals surface area (Å²) in [5, 5.41) is 9.83. The Kier molecular flexibility index (Phi) is 6.34.